The summed E-state index contributed by atoms with van der Waals surface area (Å²) in [5.41, 5.74) is 6.77. The highest BCUT2D eigenvalue weighted by Crippen LogP contribution is 2.08. The number of hydrogen-bond acceptors (Lipinski definition) is 4. The van der Waals surface area contributed by atoms with E-state index in [-0.39, 0.29) is 5.97 Å². The minimum absolute atomic E-state index is 0.297. The van der Waals surface area contributed by atoms with Crippen LogP contribution >= 0.6 is 0 Å². The Kier molecular flexibility index (Phi) is 9.31. The first-order valence-corrected chi connectivity index (χ1v) is 8.39. The van der Waals surface area contributed by atoms with Crippen molar-refractivity contribution in [3.63, 3.8) is 0 Å². The monoisotopic (exact) mass is 306 g/mol. The average Bonchev–Trinajstić information content (AvgIpc) is 2.52. The van der Waals surface area contributed by atoms with Gasteiger partial charge in [0.2, 0.25) is 0 Å². The largest absolute Gasteiger partial charge is 0.461 e. The SMILES string of the molecule is CCCCCCC[C@@H](C)NCCOC(=O)c1ccc(N)cc1. The summed E-state index contributed by atoms with van der Waals surface area (Å²) in [6.45, 7) is 5.50. The molecule has 0 bridgehead atoms. The molecule has 0 aliphatic rings. The number of ether oxygens (including phenoxy) is 1. The van der Waals surface area contributed by atoms with Gasteiger partial charge in [-0.3, -0.25) is 0 Å². The Hall–Kier alpha value is -1.55. The Morgan fingerprint density at radius 1 is 1.18 bits per heavy atom. The van der Waals surface area contributed by atoms with E-state index in [1.54, 1.807) is 24.3 Å². The summed E-state index contributed by atoms with van der Waals surface area (Å²) < 4.78 is 5.23. The molecule has 0 aromatic heterocycles. The van der Waals surface area contributed by atoms with Gasteiger partial charge in [-0.1, -0.05) is 39.0 Å². The molecule has 1 aromatic rings. The normalized spacial score (nSPS) is 12.1. The van der Waals surface area contributed by atoms with Crippen LogP contribution in [0.4, 0.5) is 5.69 Å². The Bertz CT molecular complexity index is 418. The summed E-state index contributed by atoms with van der Waals surface area (Å²) in [6.07, 6.45) is 7.71. The first-order chi connectivity index (χ1) is 10.6. The maximum atomic E-state index is 11.8. The van der Waals surface area contributed by atoms with E-state index >= 15 is 0 Å². The predicted octanol–water partition coefficient (Wildman–Crippen LogP) is 3.76. The van der Waals surface area contributed by atoms with Crippen molar-refractivity contribution < 1.29 is 9.53 Å². The molecule has 0 aliphatic carbocycles. The summed E-state index contributed by atoms with van der Waals surface area (Å²) in [5.74, 6) is -0.297. The minimum atomic E-state index is -0.297. The molecule has 4 heteroatoms. The van der Waals surface area contributed by atoms with Gasteiger partial charge in [0.25, 0.3) is 0 Å². The molecule has 1 rings (SSSR count). The predicted molar refractivity (Wildman–Crippen MR) is 92.0 cm³/mol. The van der Waals surface area contributed by atoms with Crippen LogP contribution in [0.3, 0.4) is 0 Å². The summed E-state index contributed by atoms with van der Waals surface area (Å²) in [6, 6.07) is 7.25. The molecule has 4 nitrogen and oxygen atoms in total. The fraction of sp³-hybridized carbons (Fsp3) is 0.611. The van der Waals surface area contributed by atoms with Crippen LogP contribution in [0.15, 0.2) is 24.3 Å². The molecule has 1 aromatic carbocycles. The molecule has 0 aliphatic heterocycles. The number of hydrogen-bond donors (Lipinski definition) is 2. The van der Waals surface area contributed by atoms with E-state index in [9.17, 15) is 4.79 Å². The molecular weight excluding hydrogens is 276 g/mol. The van der Waals surface area contributed by atoms with Gasteiger partial charge in [-0.15, -0.1) is 0 Å². The number of rotatable bonds is 11. The number of carbonyl (C=O) groups is 1. The quantitative estimate of drug-likeness (QED) is 0.371. The fourth-order valence-electron chi connectivity index (χ4n) is 2.31. The van der Waals surface area contributed by atoms with Crippen molar-refractivity contribution in [1.29, 1.82) is 0 Å². The zero-order valence-corrected chi connectivity index (χ0v) is 13.9. The zero-order chi connectivity index (χ0) is 16.2. The molecule has 22 heavy (non-hydrogen) atoms. The molecule has 124 valence electrons. The summed E-state index contributed by atoms with van der Waals surface area (Å²) in [4.78, 5) is 11.8. The summed E-state index contributed by atoms with van der Waals surface area (Å²) >= 11 is 0. The van der Waals surface area contributed by atoms with E-state index in [2.05, 4.69) is 19.2 Å². The molecule has 0 saturated heterocycles. The van der Waals surface area contributed by atoms with Crippen molar-refractivity contribution in [2.45, 2.75) is 58.4 Å². The Morgan fingerprint density at radius 2 is 1.86 bits per heavy atom. The maximum absolute atomic E-state index is 11.8. The van der Waals surface area contributed by atoms with Crippen molar-refractivity contribution in [1.82, 2.24) is 5.32 Å². The third kappa shape index (κ3) is 8.03. The molecule has 0 spiro atoms. The Balaban J connectivity index is 2.06. The molecule has 1 atom stereocenters. The number of nitrogens with two attached hydrogens (primary N) is 1. The molecule has 0 unspecified atom stereocenters. The van der Waals surface area contributed by atoms with E-state index in [0.717, 1.165) is 0 Å². The minimum Gasteiger partial charge on any atom is -0.461 e. The molecule has 3 N–H and O–H groups in total. The molecule has 0 fully saturated rings. The van der Waals surface area contributed by atoms with Crippen molar-refractivity contribution in [2.24, 2.45) is 0 Å². The number of nitrogen functional groups attached to an aromatic ring is 1. The number of esters is 1. The zero-order valence-electron chi connectivity index (χ0n) is 13.9. The van der Waals surface area contributed by atoms with Crippen LogP contribution in [0.1, 0.15) is 62.7 Å². The second-order valence-corrected chi connectivity index (χ2v) is 5.82. The van der Waals surface area contributed by atoms with Crippen molar-refractivity contribution in [3.8, 4) is 0 Å². The lowest BCUT2D eigenvalue weighted by Gasteiger charge is -2.13. The number of anilines is 1. The fourth-order valence-corrected chi connectivity index (χ4v) is 2.31. The van der Waals surface area contributed by atoms with E-state index in [1.165, 1.54) is 38.5 Å². The van der Waals surface area contributed by atoms with Crippen LogP contribution in [-0.2, 0) is 4.74 Å². The highest BCUT2D eigenvalue weighted by atomic mass is 16.5. The van der Waals surface area contributed by atoms with Crippen LogP contribution in [0, 0.1) is 0 Å². The van der Waals surface area contributed by atoms with Gasteiger partial charge in [0, 0.05) is 18.3 Å². The van der Waals surface area contributed by atoms with Gasteiger partial charge in [0.1, 0.15) is 6.61 Å². The van der Waals surface area contributed by atoms with Gasteiger partial charge < -0.3 is 15.8 Å². The Labute approximate surface area is 134 Å². The van der Waals surface area contributed by atoms with Gasteiger partial charge >= 0.3 is 5.97 Å². The second kappa shape index (κ2) is 11.1. The topological polar surface area (TPSA) is 64.3 Å². The standard InChI is InChI=1S/C18H30N2O2/c1-3-4-5-6-7-8-15(2)20-13-14-22-18(21)16-9-11-17(19)12-10-16/h9-12,15,20H,3-8,13-14,19H2,1-2H3/t15-/m1/s1. The Morgan fingerprint density at radius 3 is 2.55 bits per heavy atom. The van der Waals surface area contributed by atoms with E-state index in [0.29, 0.717) is 30.4 Å². The maximum Gasteiger partial charge on any atom is 0.338 e. The molecule has 0 heterocycles. The van der Waals surface area contributed by atoms with Gasteiger partial charge in [-0.2, -0.15) is 0 Å². The van der Waals surface area contributed by atoms with Crippen LogP contribution < -0.4 is 11.1 Å². The average molecular weight is 306 g/mol. The first kappa shape index (κ1) is 18.5. The van der Waals surface area contributed by atoms with Crippen LogP contribution in [0.2, 0.25) is 0 Å². The second-order valence-electron chi connectivity index (χ2n) is 5.82. The molecule has 0 radical (unpaired) electrons. The van der Waals surface area contributed by atoms with E-state index < -0.39 is 0 Å². The number of nitrogens with one attached hydrogen (secondary N) is 1. The highest BCUT2D eigenvalue weighted by molar-refractivity contribution is 5.89. The molecule has 0 amide bonds. The van der Waals surface area contributed by atoms with Crippen LogP contribution in [-0.4, -0.2) is 25.2 Å². The smallest absolute Gasteiger partial charge is 0.338 e. The van der Waals surface area contributed by atoms with Crippen LogP contribution in [0.25, 0.3) is 0 Å². The number of unbranched alkanes of at least 4 members (excludes halogenated alkanes) is 4. The summed E-state index contributed by atoms with van der Waals surface area (Å²) in [5, 5.41) is 3.39. The van der Waals surface area contributed by atoms with Crippen LogP contribution in [0.5, 0.6) is 0 Å². The third-order valence-electron chi connectivity index (χ3n) is 3.72. The summed E-state index contributed by atoms with van der Waals surface area (Å²) in [7, 11) is 0. The highest BCUT2D eigenvalue weighted by Gasteiger charge is 2.07. The van der Waals surface area contributed by atoms with Gasteiger partial charge in [0.15, 0.2) is 0 Å². The van der Waals surface area contributed by atoms with Gasteiger partial charge in [-0.05, 0) is 37.6 Å². The molecule has 0 saturated carbocycles. The van der Waals surface area contributed by atoms with Crippen molar-refractivity contribution in [3.05, 3.63) is 29.8 Å². The van der Waals surface area contributed by atoms with Gasteiger partial charge in [-0.25, -0.2) is 4.79 Å². The lowest BCUT2D eigenvalue weighted by Crippen LogP contribution is -2.30. The van der Waals surface area contributed by atoms with E-state index in [1.807, 2.05) is 0 Å². The van der Waals surface area contributed by atoms with Crippen molar-refractivity contribution in [2.75, 3.05) is 18.9 Å². The number of benzene rings is 1. The van der Waals surface area contributed by atoms with E-state index in [4.69, 9.17) is 10.5 Å². The van der Waals surface area contributed by atoms with Crippen molar-refractivity contribution >= 4 is 11.7 Å². The lowest BCUT2D eigenvalue weighted by molar-refractivity contribution is 0.0506. The number of carbonyl (C=O) groups excluding carboxylic acids is 1. The lowest BCUT2D eigenvalue weighted by atomic mass is 10.1. The molecular formula is C18H30N2O2. The third-order valence-corrected chi connectivity index (χ3v) is 3.72. The van der Waals surface area contributed by atoms with Gasteiger partial charge in [0.05, 0.1) is 5.56 Å². The first-order valence-electron chi connectivity index (χ1n) is 8.39.